The molecule has 2 N–H and O–H groups in total. The monoisotopic (exact) mass is 288 g/mol. The highest BCUT2D eigenvalue weighted by Crippen LogP contribution is 2.17. The van der Waals surface area contributed by atoms with Crippen LogP contribution in [0.5, 0.6) is 0 Å². The van der Waals surface area contributed by atoms with Crippen LogP contribution in [0.2, 0.25) is 0 Å². The third kappa shape index (κ3) is 5.92. The second-order valence-corrected chi connectivity index (χ2v) is 4.68. The van der Waals surface area contributed by atoms with Gasteiger partial charge in [-0.1, -0.05) is 0 Å². The topological polar surface area (TPSA) is 44.7 Å². The molecule has 1 atom stereocenters. The number of nitrogens with zero attached hydrogens (tertiary/aromatic N) is 1. The lowest BCUT2D eigenvalue weighted by Gasteiger charge is -2.17. The number of aliphatic hydroxyl groups is 1. The fourth-order valence-corrected chi connectivity index (χ4v) is 1.75. The van der Waals surface area contributed by atoms with Crippen molar-refractivity contribution in [1.29, 1.82) is 0 Å². The molecule has 1 aromatic carbocycles. The number of hydrogen-bond acceptors (Lipinski definition) is 4. The van der Waals surface area contributed by atoms with Crippen LogP contribution in [0.3, 0.4) is 0 Å². The molecular formula is C14H22F2N2O2. The maximum absolute atomic E-state index is 13.4. The van der Waals surface area contributed by atoms with Crippen molar-refractivity contribution >= 4 is 0 Å². The Morgan fingerprint density at radius 1 is 1.35 bits per heavy atom. The lowest BCUT2D eigenvalue weighted by Crippen LogP contribution is -2.33. The zero-order valence-corrected chi connectivity index (χ0v) is 11.9. The Hall–Kier alpha value is -1.08. The van der Waals surface area contributed by atoms with Crippen molar-refractivity contribution in [3.05, 3.63) is 35.4 Å². The third-order valence-electron chi connectivity index (χ3n) is 3.00. The molecule has 0 heterocycles. The predicted octanol–water partition coefficient (Wildman–Crippen LogP) is 1.17. The summed E-state index contributed by atoms with van der Waals surface area (Å²) < 4.78 is 31.4. The Labute approximate surface area is 118 Å². The first-order valence-electron chi connectivity index (χ1n) is 6.55. The van der Waals surface area contributed by atoms with Crippen molar-refractivity contribution in [2.75, 3.05) is 46.9 Å². The van der Waals surface area contributed by atoms with Crippen LogP contribution >= 0.6 is 0 Å². The molecule has 20 heavy (non-hydrogen) atoms. The van der Waals surface area contributed by atoms with E-state index < -0.39 is 17.7 Å². The van der Waals surface area contributed by atoms with Gasteiger partial charge in [0.25, 0.3) is 0 Å². The molecule has 1 aromatic rings. The van der Waals surface area contributed by atoms with Crippen LogP contribution in [0.15, 0.2) is 18.2 Å². The van der Waals surface area contributed by atoms with E-state index in [1.165, 1.54) is 0 Å². The van der Waals surface area contributed by atoms with Gasteiger partial charge in [0.15, 0.2) is 0 Å². The van der Waals surface area contributed by atoms with E-state index in [0.717, 1.165) is 31.3 Å². The van der Waals surface area contributed by atoms with Crippen molar-refractivity contribution in [3.63, 3.8) is 0 Å². The van der Waals surface area contributed by atoms with E-state index in [1.54, 1.807) is 7.11 Å². The standard InChI is InChI=1S/C14H22F2N2O2/c1-18(7-8-20-2)6-5-17-10-14(19)12-9-11(15)3-4-13(12)16/h3-4,9,14,17,19H,5-8,10H2,1-2H3. The first-order chi connectivity index (χ1) is 9.54. The number of rotatable bonds is 9. The summed E-state index contributed by atoms with van der Waals surface area (Å²) in [6.07, 6.45) is -1.06. The lowest BCUT2D eigenvalue weighted by molar-refractivity contribution is 0.155. The number of aliphatic hydroxyl groups excluding tert-OH is 1. The highest BCUT2D eigenvalue weighted by molar-refractivity contribution is 5.21. The summed E-state index contributed by atoms with van der Waals surface area (Å²) in [4.78, 5) is 2.08. The number of hydrogen-bond donors (Lipinski definition) is 2. The van der Waals surface area contributed by atoms with Crippen molar-refractivity contribution < 1.29 is 18.6 Å². The Bertz CT molecular complexity index is 405. The molecule has 0 fully saturated rings. The van der Waals surface area contributed by atoms with Gasteiger partial charge in [-0.15, -0.1) is 0 Å². The molecule has 0 aliphatic carbocycles. The molecule has 0 aliphatic heterocycles. The van der Waals surface area contributed by atoms with Gasteiger partial charge in [-0.3, -0.25) is 0 Å². The average molecular weight is 288 g/mol. The summed E-state index contributed by atoms with van der Waals surface area (Å²) in [6, 6.07) is 3.07. The second kappa shape index (κ2) is 8.97. The van der Waals surface area contributed by atoms with Crippen LogP contribution in [0, 0.1) is 11.6 Å². The highest BCUT2D eigenvalue weighted by Gasteiger charge is 2.13. The molecule has 6 heteroatoms. The Kier molecular flexibility index (Phi) is 7.61. The minimum absolute atomic E-state index is 0.0229. The SMILES string of the molecule is COCCN(C)CCNCC(O)c1cc(F)ccc1F. The molecular weight excluding hydrogens is 266 g/mol. The third-order valence-corrected chi connectivity index (χ3v) is 3.00. The van der Waals surface area contributed by atoms with Crippen LogP contribution in [0.25, 0.3) is 0 Å². The van der Waals surface area contributed by atoms with Gasteiger partial charge < -0.3 is 20.1 Å². The van der Waals surface area contributed by atoms with Gasteiger partial charge in [0.2, 0.25) is 0 Å². The zero-order valence-electron chi connectivity index (χ0n) is 11.9. The highest BCUT2D eigenvalue weighted by atomic mass is 19.1. The Morgan fingerprint density at radius 2 is 2.10 bits per heavy atom. The number of methoxy groups -OCH3 is 1. The summed E-state index contributed by atoms with van der Waals surface area (Å²) in [7, 11) is 3.61. The van der Waals surface area contributed by atoms with Crippen LogP contribution in [0.1, 0.15) is 11.7 Å². The predicted molar refractivity (Wildman–Crippen MR) is 73.6 cm³/mol. The number of benzene rings is 1. The fraction of sp³-hybridized carbons (Fsp3) is 0.571. The lowest BCUT2D eigenvalue weighted by atomic mass is 10.1. The Morgan fingerprint density at radius 3 is 2.80 bits per heavy atom. The first kappa shape index (κ1) is 17.0. The van der Waals surface area contributed by atoms with Crippen LogP contribution in [-0.2, 0) is 4.74 Å². The van der Waals surface area contributed by atoms with E-state index in [9.17, 15) is 13.9 Å². The normalized spacial score (nSPS) is 12.9. The molecule has 1 unspecified atom stereocenters. The van der Waals surface area contributed by atoms with E-state index in [0.29, 0.717) is 13.2 Å². The first-order valence-corrected chi connectivity index (χ1v) is 6.55. The molecule has 1 rings (SSSR count). The molecule has 0 aliphatic rings. The van der Waals surface area contributed by atoms with Gasteiger partial charge in [0.1, 0.15) is 11.6 Å². The number of halogens is 2. The fourth-order valence-electron chi connectivity index (χ4n) is 1.75. The van der Waals surface area contributed by atoms with Crippen LogP contribution in [0.4, 0.5) is 8.78 Å². The van der Waals surface area contributed by atoms with Gasteiger partial charge in [-0.25, -0.2) is 8.78 Å². The number of likely N-dealkylation sites (N-methyl/N-ethyl adjacent to an activating group) is 1. The van der Waals surface area contributed by atoms with E-state index in [4.69, 9.17) is 4.74 Å². The molecule has 4 nitrogen and oxygen atoms in total. The van der Waals surface area contributed by atoms with Gasteiger partial charge in [0.05, 0.1) is 12.7 Å². The van der Waals surface area contributed by atoms with E-state index in [-0.39, 0.29) is 12.1 Å². The molecule has 0 aromatic heterocycles. The summed E-state index contributed by atoms with van der Waals surface area (Å²) in [6.45, 7) is 3.08. The maximum Gasteiger partial charge on any atom is 0.129 e. The molecule has 0 spiro atoms. The second-order valence-electron chi connectivity index (χ2n) is 4.68. The number of ether oxygens (including phenoxy) is 1. The van der Waals surface area contributed by atoms with Gasteiger partial charge in [-0.2, -0.15) is 0 Å². The van der Waals surface area contributed by atoms with E-state index in [2.05, 4.69) is 10.2 Å². The van der Waals surface area contributed by atoms with Crippen molar-refractivity contribution in [2.24, 2.45) is 0 Å². The molecule has 0 bridgehead atoms. The van der Waals surface area contributed by atoms with Gasteiger partial charge in [-0.05, 0) is 25.2 Å². The molecule has 0 saturated carbocycles. The molecule has 0 saturated heterocycles. The van der Waals surface area contributed by atoms with Crippen molar-refractivity contribution in [2.45, 2.75) is 6.10 Å². The summed E-state index contributed by atoms with van der Waals surface area (Å²) in [5.74, 6) is -1.15. The summed E-state index contributed by atoms with van der Waals surface area (Å²) >= 11 is 0. The summed E-state index contributed by atoms with van der Waals surface area (Å²) in [5.41, 5.74) is -0.0229. The maximum atomic E-state index is 13.4. The van der Waals surface area contributed by atoms with Crippen LogP contribution < -0.4 is 5.32 Å². The molecule has 114 valence electrons. The van der Waals surface area contributed by atoms with E-state index in [1.807, 2.05) is 7.05 Å². The molecule has 0 radical (unpaired) electrons. The van der Waals surface area contributed by atoms with Crippen molar-refractivity contribution in [1.82, 2.24) is 10.2 Å². The largest absolute Gasteiger partial charge is 0.387 e. The van der Waals surface area contributed by atoms with E-state index >= 15 is 0 Å². The Balaban J connectivity index is 2.29. The minimum atomic E-state index is -1.06. The van der Waals surface area contributed by atoms with Gasteiger partial charge >= 0.3 is 0 Å². The number of nitrogens with one attached hydrogen (secondary N) is 1. The van der Waals surface area contributed by atoms with Gasteiger partial charge in [0, 0.05) is 38.9 Å². The zero-order chi connectivity index (χ0) is 15.0. The smallest absolute Gasteiger partial charge is 0.129 e. The minimum Gasteiger partial charge on any atom is -0.387 e. The summed E-state index contributed by atoms with van der Waals surface area (Å²) in [5, 5.41) is 12.8. The van der Waals surface area contributed by atoms with Crippen LogP contribution in [-0.4, -0.2) is 56.9 Å². The molecule has 0 amide bonds. The quantitative estimate of drug-likeness (QED) is 0.670. The van der Waals surface area contributed by atoms with Crippen molar-refractivity contribution in [3.8, 4) is 0 Å². The average Bonchev–Trinajstić information content (AvgIpc) is 2.43.